The molecule has 3 N–H and O–H groups in total. The highest BCUT2D eigenvalue weighted by Crippen LogP contribution is 2.06. The van der Waals surface area contributed by atoms with Crippen LogP contribution in [0, 0.1) is 20.8 Å². The van der Waals surface area contributed by atoms with Crippen molar-refractivity contribution in [1.29, 1.82) is 0 Å². The van der Waals surface area contributed by atoms with Crippen molar-refractivity contribution < 1.29 is 0 Å². The second kappa shape index (κ2) is 8.46. The van der Waals surface area contributed by atoms with Gasteiger partial charge in [0.05, 0.1) is 0 Å². The largest absolute Gasteiger partial charge is 0.271 e. The summed E-state index contributed by atoms with van der Waals surface area (Å²) in [5.41, 5.74) is 8.00. The molecule has 102 valence electrons. The molecule has 0 aliphatic rings. The summed E-state index contributed by atoms with van der Waals surface area (Å²) in [4.78, 5) is 0. The lowest BCUT2D eigenvalue weighted by Crippen LogP contribution is -2.24. The van der Waals surface area contributed by atoms with Gasteiger partial charge >= 0.3 is 0 Å². The van der Waals surface area contributed by atoms with E-state index in [4.69, 9.17) is 5.84 Å². The number of aryl methyl sites for hydroxylation is 3. The van der Waals surface area contributed by atoms with Crippen molar-refractivity contribution in [2.45, 2.75) is 27.2 Å². The van der Waals surface area contributed by atoms with Crippen LogP contribution in [-0.4, -0.2) is 6.54 Å². The van der Waals surface area contributed by atoms with Crippen LogP contribution in [0.15, 0.2) is 48.5 Å². The average molecular weight is 256 g/mol. The minimum atomic E-state index is 0.837. The first-order chi connectivity index (χ1) is 9.11. The first-order valence-electron chi connectivity index (χ1n) is 6.64. The van der Waals surface area contributed by atoms with Gasteiger partial charge in [0, 0.05) is 6.54 Å². The summed E-state index contributed by atoms with van der Waals surface area (Å²) in [5.74, 6) is 5.13. The summed E-state index contributed by atoms with van der Waals surface area (Å²) in [5, 5.41) is 0. The van der Waals surface area contributed by atoms with Gasteiger partial charge in [0.15, 0.2) is 0 Å². The maximum atomic E-state index is 5.13. The van der Waals surface area contributed by atoms with Gasteiger partial charge in [-0.1, -0.05) is 65.2 Å². The molecular weight excluding hydrogens is 232 g/mol. The summed E-state index contributed by atoms with van der Waals surface area (Å²) >= 11 is 0. The number of rotatable bonds is 3. The molecule has 0 fully saturated rings. The van der Waals surface area contributed by atoms with Gasteiger partial charge in [-0.3, -0.25) is 11.3 Å². The Bertz CT molecular complexity index is 427. The number of hydrogen-bond acceptors (Lipinski definition) is 2. The number of hydrogen-bond donors (Lipinski definition) is 2. The summed E-state index contributed by atoms with van der Waals surface area (Å²) in [6.45, 7) is 7.21. The van der Waals surface area contributed by atoms with Crippen LogP contribution in [0.2, 0.25) is 0 Å². The third-order valence-electron chi connectivity index (χ3n) is 2.77. The molecule has 0 saturated heterocycles. The molecule has 0 aliphatic carbocycles. The quantitative estimate of drug-likeness (QED) is 0.653. The topological polar surface area (TPSA) is 38.0 Å². The Kier molecular flexibility index (Phi) is 6.86. The molecule has 0 bridgehead atoms. The number of nitrogens with one attached hydrogen (secondary N) is 1. The zero-order valence-electron chi connectivity index (χ0n) is 12.1. The summed E-state index contributed by atoms with van der Waals surface area (Å²) in [6, 6.07) is 16.8. The SMILES string of the molecule is Cc1cc(C)cc(C)c1.NNCCc1ccccc1. The highest BCUT2D eigenvalue weighted by molar-refractivity contribution is 5.27. The summed E-state index contributed by atoms with van der Waals surface area (Å²) < 4.78 is 0. The second-order valence-electron chi connectivity index (χ2n) is 4.85. The van der Waals surface area contributed by atoms with Crippen LogP contribution in [0.1, 0.15) is 22.3 Å². The van der Waals surface area contributed by atoms with Crippen molar-refractivity contribution in [2.75, 3.05) is 6.54 Å². The Morgan fingerprint density at radius 2 is 1.32 bits per heavy atom. The Morgan fingerprint density at radius 1 is 0.842 bits per heavy atom. The van der Waals surface area contributed by atoms with Crippen LogP contribution in [0.3, 0.4) is 0 Å². The van der Waals surface area contributed by atoms with Crippen molar-refractivity contribution in [1.82, 2.24) is 5.43 Å². The van der Waals surface area contributed by atoms with Crippen LogP contribution in [0.5, 0.6) is 0 Å². The van der Waals surface area contributed by atoms with Gasteiger partial charge in [-0.25, -0.2) is 0 Å². The van der Waals surface area contributed by atoms with Gasteiger partial charge in [-0.15, -0.1) is 0 Å². The van der Waals surface area contributed by atoms with Crippen LogP contribution in [0.25, 0.3) is 0 Å². The van der Waals surface area contributed by atoms with Crippen LogP contribution in [-0.2, 0) is 6.42 Å². The number of hydrazine groups is 1. The van der Waals surface area contributed by atoms with Gasteiger partial charge in [-0.2, -0.15) is 0 Å². The van der Waals surface area contributed by atoms with E-state index in [1.165, 1.54) is 22.3 Å². The monoisotopic (exact) mass is 256 g/mol. The van der Waals surface area contributed by atoms with E-state index in [-0.39, 0.29) is 0 Å². The van der Waals surface area contributed by atoms with Crippen molar-refractivity contribution in [3.8, 4) is 0 Å². The van der Waals surface area contributed by atoms with E-state index in [9.17, 15) is 0 Å². The molecule has 19 heavy (non-hydrogen) atoms. The second-order valence-corrected chi connectivity index (χ2v) is 4.85. The van der Waals surface area contributed by atoms with E-state index in [2.05, 4.69) is 56.5 Å². The first kappa shape index (κ1) is 15.4. The molecule has 0 aliphatic heterocycles. The molecular formula is C17H24N2. The standard InChI is InChI=1S/C9H12.C8H12N2/c1-7-4-8(2)6-9(3)5-7;9-10-7-6-8-4-2-1-3-5-8/h4-6H,1-3H3;1-5,10H,6-7,9H2. The molecule has 2 aromatic rings. The fourth-order valence-electron chi connectivity index (χ4n) is 2.06. The van der Waals surface area contributed by atoms with Crippen molar-refractivity contribution >= 4 is 0 Å². The predicted molar refractivity (Wildman–Crippen MR) is 83.0 cm³/mol. The minimum absolute atomic E-state index is 0.837. The summed E-state index contributed by atoms with van der Waals surface area (Å²) in [6.07, 6.45) is 0.997. The predicted octanol–water partition coefficient (Wildman–Crippen LogP) is 3.30. The van der Waals surface area contributed by atoms with E-state index in [1.807, 2.05) is 18.2 Å². The van der Waals surface area contributed by atoms with Crippen LogP contribution >= 0.6 is 0 Å². The van der Waals surface area contributed by atoms with E-state index in [1.54, 1.807) is 0 Å². The Balaban J connectivity index is 0.000000191. The first-order valence-corrected chi connectivity index (χ1v) is 6.64. The van der Waals surface area contributed by atoms with Crippen molar-refractivity contribution in [3.05, 3.63) is 70.8 Å². The lowest BCUT2D eigenvalue weighted by atomic mass is 10.1. The van der Waals surface area contributed by atoms with Crippen molar-refractivity contribution in [3.63, 3.8) is 0 Å². The molecule has 0 heterocycles. The van der Waals surface area contributed by atoms with Crippen LogP contribution in [0.4, 0.5) is 0 Å². The van der Waals surface area contributed by atoms with E-state index in [0.29, 0.717) is 0 Å². The molecule has 0 aromatic heterocycles. The molecule has 2 heteroatoms. The molecule has 2 rings (SSSR count). The maximum Gasteiger partial charge on any atom is 0.0138 e. The van der Waals surface area contributed by atoms with E-state index in [0.717, 1.165) is 13.0 Å². The average Bonchev–Trinajstić information content (AvgIpc) is 2.36. The maximum absolute atomic E-state index is 5.13. The molecule has 0 unspecified atom stereocenters. The zero-order chi connectivity index (χ0) is 14.1. The van der Waals surface area contributed by atoms with Gasteiger partial charge < -0.3 is 0 Å². The Hall–Kier alpha value is -1.64. The fraction of sp³-hybridized carbons (Fsp3) is 0.294. The minimum Gasteiger partial charge on any atom is -0.271 e. The van der Waals surface area contributed by atoms with E-state index >= 15 is 0 Å². The fourth-order valence-corrected chi connectivity index (χ4v) is 2.06. The van der Waals surface area contributed by atoms with Crippen LogP contribution < -0.4 is 11.3 Å². The smallest absolute Gasteiger partial charge is 0.0138 e. The van der Waals surface area contributed by atoms with E-state index < -0.39 is 0 Å². The lowest BCUT2D eigenvalue weighted by Gasteiger charge is -1.97. The molecule has 0 saturated carbocycles. The highest BCUT2D eigenvalue weighted by Gasteiger charge is 1.88. The Morgan fingerprint density at radius 3 is 1.74 bits per heavy atom. The molecule has 0 amide bonds. The van der Waals surface area contributed by atoms with Crippen molar-refractivity contribution in [2.24, 2.45) is 5.84 Å². The molecule has 0 spiro atoms. The molecule has 2 nitrogen and oxygen atoms in total. The summed E-state index contributed by atoms with van der Waals surface area (Å²) in [7, 11) is 0. The van der Waals surface area contributed by atoms with Gasteiger partial charge in [0.2, 0.25) is 0 Å². The normalized spacial score (nSPS) is 9.68. The zero-order valence-corrected chi connectivity index (χ0v) is 12.1. The third-order valence-corrected chi connectivity index (χ3v) is 2.77. The number of nitrogens with two attached hydrogens (primary N) is 1. The highest BCUT2D eigenvalue weighted by atomic mass is 15.2. The molecule has 0 radical (unpaired) electrons. The molecule has 0 atom stereocenters. The lowest BCUT2D eigenvalue weighted by molar-refractivity contribution is 0.728. The number of benzene rings is 2. The Labute approximate surface area is 116 Å². The molecule has 2 aromatic carbocycles. The van der Waals surface area contributed by atoms with Gasteiger partial charge in [0.1, 0.15) is 0 Å². The van der Waals surface area contributed by atoms with Gasteiger partial charge in [-0.05, 0) is 32.8 Å². The van der Waals surface area contributed by atoms with Gasteiger partial charge in [0.25, 0.3) is 0 Å². The third kappa shape index (κ3) is 6.75.